The van der Waals surface area contributed by atoms with E-state index in [0.29, 0.717) is 6.04 Å². The van der Waals surface area contributed by atoms with Crippen molar-refractivity contribution in [2.45, 2.75) is 31.9 Å². The third-order valence-corrected chi connectivity index (χ3v) is 4.63. The van der Waals surface area contributed by atoms with Crippen LogP contribution in [0.2, 0.25) is 0 Å². The number of rotatable bonds is 9. The molecule has 146 valence electrons. The second kappa shape index (κ2) is 11.2. The molecule has 1 fully saturated rings. The van der Waals surface area contributed by atoms with Crippen molar-refractivity contribution in [3.05, 3.63) is 35.4 Å². The van der Waals surface area contributed by atoms with E-state index in [-0.39, 0.29) is 6.10 Å². The summed E-state index contributed by atoms with van der Waals surface area (Å²) in [6.07, 6.45) is 2.25. The van der Waals surface area contributed by atoms with Crippen LogP contribution in [-0.2, 0) is 9.47 Å². The molecule has 0 saturated carbocycles. The number of nitrogens with one attached hydrogen (secondary N) is 2. The number of ether oxygens (including phenoxy) is 2. The van der Waals surface area contributed by atoms with Crippen LogP contribution in [-0.4, -0.2) is 71.0 Å². The molecule has 6 nitrogen and oxygen atoms in total. The molecule has 0 bridgehead atoms. The van der Waals surface area contributed by atoms with E-state index in [4.69, 9.17) is 9.47 Å². The lowest BCUT2D eigenvalue weighted by molar-refractivity contribution is 0.0420. The van der Waals surface area contributed by atoms with Crippen molar-refractivity contribution in [3.63, 3.8) is 0 Å². The van der Waals surface area contributed by atoms with Crippen LogP contribution in [0.25, 0.3) is 0 Å². The van der Waals surface area contributed by atoms with Crippen molar-refractivity contribution >= 4 is 5.96 Å². The Morgan fingerprint density at radius 1 is 1.31 bits per heavy atom. The molecule has 1 aromatic rings. The zero-order valence-electron chi connectivity index (χ0n) is 16.6. The summed E-state index contributed by atoms with van der Waals surface area (Å²) in [7, 11) is 6.01. The predicted molar refractivity (Wildman–Crippen MR) is 107 cm³/mol. The lowest BCUT2D eigenvalue weighted by atomic mass is 10.0. The van der Waals surface area contributed by atoms with E-state index < -0.39 is 0 Å². The maximum absolute atomic E-state index is 5.78. The summed E-state index contributed by atoms with van der Waals surface area (Å²) in [5.74, 6) is 0.827. The van der Waals surface area contributed by atoms with Gasteiger partial charge in [0, 0.05) is 33.4 Å². The number of aryl methyl sites for hydroxylation is 1. The summed E-state index contributed by atoms with van der Waals surface area (Å²) in [4.78, 5) is 6.54. The van der Waals surface area contributed by atoms with Crippen LogP contribution in [0.15, 0.2) is 29.3 Å². The number of guanidine groups is 1. The highest BCUT2D eigenvalue weighted by molar-refractivity contribution is 5.79. The smallest absolute Gasteiger partial charge is 0.191 e. The van der Waals surface area contributed by atoms with E-state index in [1.54, 1.807) is 7.05 Å². The summed E-state index contributed by atoms with van der Waals surface area (Å²) in [5, 5.41) is 6.79. The number of benzene rings is 1. The van der Waals surface area contributed by atoms with E-state index in [2.05, 4.69) is 65.8 Å². The lowest BCUT2D eigenvalue weighted by Crippen LogP contribution is -2.42. The number of nitrogens with zero attached hydrogens (tertiary/aromatic N) is 2. The minimum atomic E-state index is 0.280. The van der Waals surface area contributed by atoms with Gasteiger partial charge in [0.25, 0.3) is 0 Å². The van der Waals surface area contributed by atoms with Gasteiger partial charge in [0.1, 0.15) is 0 Å². The topological polar surface area (TPSA) is 58.1 Å². The molecule has 1 aliphatic rings. The minimum Gasteiger partial charge on any atom is -0.379 e. The van der Waals surface area contributed by atoms with Crippen molar-refractivity contribution in [2.24, 2.45) is 4.99 Å². The Bertz CT molecular complexity index is 539. The third-order valence-electron chi connectivity index (χ3n) is 4.63. The Kier molecular flexibility index (Phi) is 8.88. The van der Waals surface area contributed by atoms with Gasteiger partial charge in [0.15, 0.2) is 5.96 Å². The van der Waals surface area contributed by atoms with Gasteiger partial charge >= 0.3 is 0 Å². The Morgan fingerprint density at radius 2 is 2.08 bits per heavy atom. The van der Waals surface area contributed by atoms with Crippen LogP contribution in [0.1, 0.15) is 30.0 Å². The maximum Gasteiger partial charge on any atom is 0.191 e. The SMILES string of the molecule is CN=C(NCCCOC1CCOC1)NCC(c1ccc(C)cc1)N(C)C. The first kappa shape index (κ1) is 20.7. The fraction of sp³-hybridized carbons (Fsp3) is 0.650. The van der Waals surface area contributed by atoms with Crippen molar-refractivity contribution in [2.75, 3.05) is 54.1 Å². The Hall–Kier alpha value is -1.63. The second-order valence-corrected chi connectivity index (χ2v) is 6.98. The Morgan fingerprint density at radius 3 is 2.69 bits per heavy atom. The highest BCUT2D eigenvalue weighted by atomic mass is 16.5. The molecule has 0 aromatic heterocycles. The third kappa shape index (κ3) is 6.94. The van der Waals surface area contributed by atoms with Gasteiger partial charge in [-0.25, -0.2) is 0 Å². The van der Waals surface area contributed by atoms with Gasteiger partial charge in [-0.15, -0.1) is 0 Å². The van der Waals surface area contributed by atoms with E-state index in [9.17, 15) is 0 Å². The van der Waals surface area contributed by atoms with Gasteiger partial charge in [0.2, 0.25) is 0 Å². The molecule has 0 spiro atoms. The van der Waals surface area contributed by atoms with E-state index in [1.165, 1.54) is 11.1 Å². The second-order valence-electron chi connectivity index (χ2n) is 6.98. The van der Waals surface area contributed by atoms with Crippen LogP contribution < -0.4 is 10.6 Å². The largest absolute Gasteiger partial charge is 0.379 e. The molecule has 0 radical (unpaired) electrons. The molecule has 1 heterocycles. The van der Waals surface area contributed by atoms with Crippen LogP contribution >= 0.6 is 0 Å². The van der Waals surface area contributed by atoms with Crippen LogP contribution in [0.4, 0.5) is 0 Å². The van der Waals surface area contributed by atoms with Crippen LogP contribution in [0, 0.1) is 6.92 Å². The minimum absolute atomic E-state index is 0.280. The normalized spacial score (nSPS) is 19.0. The van der Waals surface area contributed by atoms with Crippen molar-refractivity contribution in [1.29, 1.82) is 0 Å². The van der Waals surface area contributed by atoms with Gasteiger partial charge in [-0.3, -0.25) is 4.99 Å². The highest BCUT2D eigenvalue weighted by Gasteiger charge is 2.16. The van der Waals surface area contributed by atoms with Crippen molar-refractivity contribution < 1.29 is 9.47 Å². The molecule has 2 N–H and O–H groups in total. The zero-order valence-corrected chi connectivity index (χ0v) is 16.6. The standard InChI is InChI=1S/C20H34N4O2/c1-16-6-8-17(9-7-16)19(24(3)4)14-23-20(21-2)22-11-5-12-26-18-10-13-25-15-18/h6-9,18-19H,5,10-15H2,1-4H3,(H2,21,22,23). The fourth-order valence-electron chi connectivity index (χ4n) is 2.97. The summed E-state index contributed by atoms with van der Waals surface area (Å²) in [6, 6.07) is 9.01. The number of aliphatic imine (C=N–C) groups is 1. The van der Waals surface area contributed by atoms with Gasteiger partial charge in [0.05, 0.1) is 18.8 Å². The number of likely N-dealkylation sites (N-methyl/N-ethyl adjacent to an activating group) is 1. The average molecular weight is 363 g/mol. The molecular formula is C20H34N4O2. The van der Waals surface area contributed by atoms with E-state index >= 15 is 0 Å². The predicted octanol–water partition coefficient (Wildman–Crippen LogP) is 1.96. The van der Waals surface area contributed by atoms with Crippen LogP contribution in [0.3, 0.4) is 0 Å². The van der Waals surface area contributed by atoms with Gasteiger partial charge in [-0.2, -0.15) is 0 Å². The first-order valence-corrected chi connectivity index (χ1v) is 9.47. The maximum atomic E-state index is 5.78. The molecule has 1 aliphatic heterocycles. The molecule has 26 heavy (non-hydrogen) atoms. The summed E-state index contributed by atoms with van der Waals surface area (Å²) < 4.78 is 11.1. The molecule has 2 unspecified atom stereocenters. The van der Waals surface area contributed by atoms with Gasteiger partial charge in [-0.1, -0.05) is 29.8 Å². The Labute approximate surface area is 158 Å². The monoisotopic (exact) mass is 362 g/mol. The first-order chi connectivity index (χ1) is 12.6. The number of hydrogen-bond donors (Lipinski definition) is 2. The highest BCUT2D eigenvalue weighted by Crippen LogP contribution is 2.17. The van der Waals surface area contributed by atoms with E-state index in [0.717, 1.165) is 51.7 Å². The van der Waals surface area contributed by atoms with Crippen LogP contribution in [0.5, 0.6) is 0 Å². The van der Waals surface area contributed by atoms with Gasteiger partial charge in [-0.05, 0) is 39.4 Å². The van der Waals surface area contributed by atoms with Crippen molar-refractivity contribution in [1.82, 2.24) is 15.5 Å². The average Bonchev–Trinajstić information content (AvgIpc) is 3.14. The first-order valence-electron chi connectivity index (χ1n) is 9.47. The lowest BCUT2D eigenvalue weighted by Gasteiger charge is -2.26. The molecule has 1 aromatic carbocycles. The molecule has 0 amide bonds. The van der Waals surface area contributed by atoms with E-state index in [1.807, 2.05) is 0 Å². The van der Waals surface area contributed by atoms with Crippen molar-refractivity contribution in [3.8, 4) is 0 Å². The number of hydrogen-bond acceptors (Lipinski definition) is 4. The molecule has 0 aliphatic carbocycles. The summed E-state index contributed by atoms with van der Waals surface area (Å²) in [6.45, 7) is 6.06. The Balaban J connectivity index is 1.70. The molecule has 6 heteroatoms. The summed E-state index contributed by atoms with van der Waals surface area (Å²) in [5.41, 5.74) is 2.58. The molecular weight excluding hydrogens is 328 g/mol. The fourth-order valence-corrected chi connectivity index (χ4v) is 2.97. The molecule has 2 rings (SSSR count). The quantitative estimate of drug-likeness (QED) is 0.400. The molecule has 1 saturated heterocycles. The molecule has 2 atom stereocenters. The van der Waals surface area contributed by atoms with Gasteiger partial charge < -0.3 is 25.0 Å². The zero-order chi connectivity index (χ0) is 18.8. The summed E-state index contributed by atoms with van der Waals surface area (Å²) >= 11 is 0.